The van der Waals surface area contributed by atoms with Gasteiger partial charge in [-0.2, -0.15) is 0 Å². The largest absolute Gasteiger partial charge is 0.493 e. The smallest absolute Gasteiger partial charge is 0.203 e. The maximum atomic E-state index is 12.5. The Labute approximate surface area is 195 Å². The average molecular weight is 481 g/mol. The molecular formula is C24H32O8S. The van der Waals surface area contributed by atoms with Crippen LogP contribution in [0.3, 0.4) is 0 Å². The summed E-state index contributed by atoms with van der Waals surface area (Å²) in [6.07, 6.45) is 2.85. The summed E-state index contributed by atoms with van der Waals surface area (Å²) in [4.78, 5) is 0.102. The van der Waals surface area contributed by atoms with Gasteiger partial charge in [-0.05, 0) is 54.7 Å². The zero-order valence-electron chi connectivity index (χ0n) is 20.0. The lowest BCUT2D eigenvalue weighted by molar-refractivity contribution is 0.0435. The highest BCUT2D eigenvalue weighted by Gasteiger charge is 2.32. The Bertz CT molecular complexity index is 1060. The molecule has 1 saturated heterocycles. The molecule has 33 heavy (non-hydrogen) atoms. The van der Waals surface area contributed by atoms with Crippen LogP contribution in [-0.4, -0.2) is 49.7 Å². The van der Waals surface area contributed by atoms with Crippen molar-refractivity contribution in [1.82, 2.24) is 0 Å². The summed E-state index contributed by atoms with van der Waals surface area (Å²) < 4.78 is 58.9. The van der Waals surface area contributed by atoms with Gasteiger partial charge in [0, 0.05) is 6.26 Å². The molecule has 1 heterocycles. The standard InChI is InChI=1S/C24H32O8S/c1-7-10-31-24-21(29-4)13-16(14-22(24)33(6,25)26)18-9-8-17(32-18)15-11-19(27-2)23(30-5)20(12-15)28-3/h11-14,17-18H,7-10H2,1-6H3/t17-,18+/m0/s1. The molecule has 8 nitrogen and oxygen atoms in total. The fraction of sp³-hybridized carbons (Fsp3) is 0.500. The van der Waals surface area contributed by atoms with Crippen LogP contribution in [0.4, 0.5) is 0 Å². The van der Waals surface area contributed by atoms with Crippen LogP contribution >= 0.6 is 0 Å². The number of hydrogen-bond acceptors (Lipinski definition) is 8. The van der Waals surface area contributed by atoms with Gasteiger partial charge in [0.1, 0.15) is 4.90 Å². The van der Waals surface area contributed by atoms with Gasteiger partial charge in [0.05, 0.1) is 47.3 Å². The van der Waals surface area contributed by atoms with Gasteiger partial charge in [-0.1, -0.05) is 6.92 Å². The highest BCUT2D eigenvalue weighted by atomic mass is 32.2. The van der Waals surface area contributed by atoms with Crippen molar-refractivity contribution in [3.05, 3.63) is 35.4 Å². The molecule has 2 atom stereocenters. The molecule has 0 bridgehead atoms. The van der Waals surface area contributed by atoms with E-state index < -0.39 is 9.84 Å². The second-order valence-electron chi connectivity index (χ2n) is 7.82. The lowest BCUT2D eigenvalue weighted by Gasteiger charge is -2.20. The summed E-state index contributed by atoms with van der Waals surface area (Å²) in [5.41, 5.74) is 1.62. The Balaban J connectivity index is 1.95. The Morgan fingerprint density at radius 2 is 1.30 bits per heavy atom. The van der Waals surface area contributed by atoms with E-state index in [9.17, 15) is 8.42 Å². The lowest BCUT2D eigenvalue weighted by Crippen LogP contribution is -2.08. The van der Waals surface area contributed by atoms with Crippen LogP contribution in [0.2, 0.25) is 0 Å². The van der Waals surface area contributed by atoms with Gasteiger partial charge in [0.25, 0.3) is 0 Å². The predicted molar refractivity (Wildman–Crippen MR) is 124 cm³/mol. The number of methoxy groups -OCH3 is 4. The van der Waals surface area contributed by atoms with E-state index in [0.717, 1.165) is 24.0 Å². The minimum atomic E-state index is -3.55. The fourth-order valence-electron chi connectivity index (χ4n) is 3.97. The summed E-state index contributed by atoms with van der Waals surface area (Å²) in [5.74, 6) is 2.24. The molecule has 1 aliphatic heterocycles. The van der Waals surface area contributed by atoms with E-state index in [1.165, 1.54) is 13.4 Å². The quantitative estimate of drug-likeness (QED) is 0.491. The molecule has 2 aromatic carbocycles. The summed E-state index contributed by atoms with van der Waals surface area (Å²) in [6, 6.07) is 7.17. The number of ether oxygens (including phenoxy) is 6. The monoisotopic (exact) mass is 480 g/mol. The van der Waals surface area contributed by atoms with E-state index in [-0.39, 0.29) is 22.9 Å². The van der Waals surface area contributed by atoms with Gasteiger partial charge < -0.3 is 28.4 Å². The lowest BCUT2D eigenvalue weighted by atomic mass is 10.0. The van der Waals surface area contributed by atoms with Crippen molar-refractivity contribution in [3.8, 4) is 28.7 Å². The molecular weight excluding hydrogens is 448 g/mol. The topological polar surface area (TPSA) is 89.5 Å². The molecule has 182 valence electrons. The third kappa shape index (κ3) is 5.30. The van der Waals surface area contributed by atoms with Crippen molar-refractivity contribution in [2.45, 2.75) is 43.3 Å². The van der Waals surface area contributed by atoms with Crippen molar-refractivity contribution in [3.63, 3.8) is 0 Å². The SMILES string of the molecule is CCCOc1c(OC)cc([C@H]2CC[C@@H](c3cc(OC)c(OC)c(OC)c3)O2)cc1S(C)(=O)=O. The average Bonchev–Trinajstić information content (AvgIpc) is 3.30. The molecule has 0 spiro atoms. The molecule has 1 aliphatic rings. The second-order valence-corrected chi connectivity index (χ2v) is 9.80. The summed E-state index contributed by atoms with van der Waals surface area (Å²) in [5, 5.41) is 0. The molecule has 0 aliphatic carbocycles. The van der Waals surface area contributed by atoms with Crippen LogP contribution in [0, 0.1) is 0 Å². The van der Waals surface area contributed by atoms with Crippen LogP contribution in [0.15, 0.2) is 29.2 Å². The molecule has 2 aromatic rings. The van der Waals surface area contributed by atoms with Crippen LogP contribution in [-0.2, 0) is 14.6 Å². The van der Waals surface area contributed by atoms with E-state index in [4.69, 9.17) is 28.4 Å². The summed E-state index contributed by atoms with van der Waals surface area (Å²) in [6.45, 7) is 2.35. The number of hydrogen-bond donors (Lipinski definition) is 0. The number of sulfone groups is 1. The van der Waals surface area contributed by atoms with E-state index in [1.54, 1.807) is 33.5 Å². The van der Waals surface area contributed by atoms with Gasteiger partial charge in [0.15, 0.2) is 32.8 Å². The highest BCUT2D eigenvalue weighted by Crippen LogP contribution is 2.47. The zero-order valence-corrected chi connectivity index (χ0v) is 20.8. The molecule has 0 saturated carbocycles. The predicted octanol–water partition coefficient (Wildman–Crippen LogP) is 4.51. The minimum absolute atomic E-state index is 0.102. The first kappa shape index (κ1) is 25.0. The van der Waals surface area contributed by atoms with Gasteiger partial charge in [-0.15, -0.1) is 0 Å². The molecule has 1 fully saturated rings. The third-order valence-corrected chi connectivity index (χ3v) is 6.67. The molecule has 0 N–H and O–H groups in total. The minimum Gasteiger partial charge on any atom is -0.493 e. The van der Waals surface area contributed by atoms with Crippen molar-refractivity contribution in [2.75, 3.05) is 41.3 Å². The zero-order chi connectivity index (χ0) is 24.2. The summed E-state index contributed by atoms with van der Waals surface area (Å²) >= 11 is 0. The Morgan fingerprint density at radius 3 is 1.73 bits per heavy atom. The second kappa shape index (κ2) is 10.5. The molecule has 0 aromatic heterocycles. The highest BCUT2D eigenvalue weighted by molar-refractivity contribution is 7.90. The molecule has 9 heteroatoms. The first-order valence-electron chi connectivity index (χ1n) is 10.8. The van der Waals surface area contributed by atoms with Crippen molar-refractivity contribution in [1.29, 1.82) is 0 Å². The van der Waals surface area contributed by atoms with Gasteiger partial charge in [-0.3, -0.25) is 0 Å². The van der Waals surface area contributed by atoms with E-state index in [2.05, 4.69) is 0 Å². The van der Waals surface area contributed by atoms with Crippen LogP contribution < -0.4 is 23.7 Å². The van der Waals surface area contributed by atoms with Crippen LogP contribution in [0.25, 0.3) is 0 Å². The first-order chi connectivity index (χ1) is 15.8. The van der Waals surface area contributed by atoms with Crippen LogP contribution in [0.5, 0.6) is 28.7 Å². The van der Waals surface area contributed by atoms with E-state index in [1.807, 2.05) is 19.1 Å². The van der Waals surface area contributed by atoms with Crippen molar-refractivity contribution < 1.29 is 36.8 Å². The number of rotatable bonds is 10. The van der Waals surface area contributed by atoms with Gasteiger partial charge in [-0.25, -0.2) is 8.42 Å². The Morgan fingerprint density at radius 1 is 0.818 bits per heavy atom. The molecule has 0 unspecified atom stereocenters. The van der Waals surface area contributed by atoms with E-state index in [0.29, 0.717) is 36.0 Å². The third-order valence-electron chi connectivity index (χ3n) is 5.56. The molecule has 3 rings (SSSR count). The summed E-state index contributed by atoms with van der Waals surface area (Å²) in [7, 11) is 2.65. The Hall–Kier alpha value is -2.65. The fourth-order valence-corrected chi connectivity index (χ4v) is 4.82. The van der Waals surface area contributed by atoms with Crippen LogP contribution in [0.1, 0.15) is 49.5 Å². The van der Waals surface area contributed by atoms with E-state index >= 15 is 0 Å². The van der Waals surface area contributed by atoms with Gasteiger partial charge >= 0.3 is 0 Å². The van der Waals surface area contributed by atoms with Gasteiger partial charge in [0.2, 0.25) is 5.75 Å². The van der Waals surface area contributed by atoms with Crippen molar-refractivity contribution in [2.24, 2.45) is 0 Å². The molecule has 0 radical (unpaired) electrons. The maximum Gasteiger partial charge on any atom is 0.203 e. The van der Waals surface area contributed by atoms with Crippen molar-refractivity contribution >= 4 is 9.84 Å². The normalized spacial score (nSPS) is 18.1. The molecule has 0 amide bonds. The first-order valence-corrected chi connectivity index (χ1v) is 12.7. The maximum absolute atomic E-state index is 12.5. The number of benzene rings is 2. The Kier molecular flexibility index (Phi) is 7.97.